The maximum Gasteiger partial charge on any atom is 0.344 e. The standard InChI is InChI=1S/C15H16BrN3O5/c1-8-11(9(2)24-17-8)7-18(3)14-5-10(15(20)23-4)13(19(21)22)6-12(14)16/h5-6H,7H2,1-4H3. The number of anilines is 1. The Balaban J connectivity index is 2.46. The molecule has 0 unspecified atom stereocenters. The van der Waals surface area contributed by atoms with Gasteiger partial charge < -0.3 is 14.2 Å². The van der Waals surface area contributed by atoms with E-state index in [2.05, 4.69) is 25.8 Å². The number of carbonyl (C=O) groups excluding carboxylic acids is 1. The number of nitro benzene ring substituents is 1. The minimum atomic E-state index is -0.763. The molecular formula is C15H16BrN3O5. The molecule has 0 fully saturated rings. The van der Waals surface area contributed by atoms with Crippen LogP contribution in [0.5, 0.6) is 0 Å². The zero-order chi connectivity index (χ0) is 18.0. The number of hydrogen-bond donors (Lipinski definition) is 0. The second kappa shape index (κ2) is 7.00. The van der Waals surface area contributed by atoms with Crippen LogP contribution in [0.2, 0.25) is 0 Å². The highest BCUT2D eigenvalue weighted by molar-refractivity contribution is 9.10. The van der Waals surface area contributed by atoms with Crippen molar-refractivity contribution < 1.29 is 19.0 Å². The normalized spacial score (nSPS) is 10.5. The molecule has 0 aliphatic rings. The molecule has 24 heavy (non-hydrogen) atoms. The summed E-state index contributed by atoms with van der Waals surface area (Å²) in [5, 5.41) is 15.1. The number of nitro groups is 1. The molecule has 9 heteroatoms. The van der Waals surface area contributed by atoms with Crippen LogP contribution >= 0.6 is 15.9 Å². The number of ether oxygens (including phenoxy) is 1. The lowest BCUT2D eigenvalue weighted by atomic mass is 10.1. The van der Waals surface area contributed by atoms with E-state index in [1.807, 2.05) is 18.7 Å². The predicted molar refractivity (Wildman–Crippen MR) is 90.2 cm³/mol. The second-order valence-corrected chi connectivity index (χ2v) is 6.08. The molecule has 0 radical (unpaired) electrons. The van der Waals surface area contributed by atoms with Gasteiger partial charge in [0.25, 0.3) is 5.69 Å². The van der Waals surface area contributed by atoms with Gasteiger partial charge in [0.15, 0.2) is 0 Å². The maximum absolute atomic E-state index is 11.9. The fourth-order valence-electron chi connectivity index (χ4n) is 2.32. The minimum absolute atomic E-state index is 0.105. The van der Waals surface area contributed by atoms with E-state index in [1.165, 1.54) is 19.2 Å². The van der Waals surface area contributed by atoms with Crippen LogP contribution in [0.3, 0.4) is 0 Å². The summed E-state index contributed by atoms with van der Waals surface area (Å²) in [5.41, 5.74) is 1.88. The molecule has 0 amide bonds. The Kier molecular flexibility index (Phi) is 5.23. The third-order valence-electron chi connectivity index (χ3n) is 3.65. The van der Waals surface area contributed by atoms with Crippen LogP contribution in [0.1, 0.15) is 27.4 Å². The zero-order valence-corrected chi connectivity index (χ0v) is 15.2. The number of esters is 1. The van der Waals surface area contributed by atoms with Crippen molar-refractivity contribution in [2.75, 3.05) is 19.1 Å². The third kappa shape index (κ3) is 3.40. The largest absolute Gasteiger partial charge is 0.465 e. The predicted octanol–water partition coefficient (Wildman–Crippen LogP) is 3.39. The van der Waals surface area contributed by atoms with Crippen molar-refractivity contribution in [3.05, 3.63) is 49.3 Å². The van der Waals surface area contributed by atoms with Gasteiger partial charge in [-0.1, -0.05) is 5.16 Å². The molecule has 0 saturated carbocycles. The molecule has 1 aromatic carbocycles. The first-order valence-corrected chi connectivity index (χ1v) is 7.74. The van der Waals surface area contributed by atoms with Gasteiger partial charge in [-0.15, -0.1) is 0 Å². The van der Waals surface area contributed by atoms with Crippen molar-refractivity contribution in [1.29, 1.82) is 0 Å². The number of methoxy groups -OCH3 is 1. The number of nitrogens with zero attached hydrogens (tertiary/aromatic N) is 3. The molecular weight excluding hydrogens is 382 g/mol. The fourth-order valence-corrected chi connectivity index (χ4v) is 2.95. The van der Waals surface area contributed by atoms with E-state index in [4.69, 9.17) is 4.52 Å². The van der Waals surface area contributed by atoms with Crippen LogP contribution in [-0.2, 0) is 11.3 Å². The van der Waals surface area contributed by atoms with E-state index in [-0.39, 0.29) is 11.3 Å². The minimum Gasteiger partial charge on any atom is -0.465 e. The van der Waals surface area contributed by atoms with Crippen molar-refractivity contribution in [3.63, 3.8) is 0 Å². The second-order valence-electron chi connectivity index (χ2n) is 5.23. The lowest BCUT2D eigenvalue weighted by Crippen LogP contribution is -2.19. The monoisotopic (exact) mass is 397 g/mol. The fraction of sp³-hybridized carbons (Fsp3) is 0.333. The van der Waals surface area contributed by atoms with Gasteiger partial charge in [-0.25, -0.2) is 4.79 Å². The summed E-state index contributed by atoms with van der Waals surface area (Å²) in [6, 6.07) is 2.73. The Hall–Kier alpha value is -2.42. The molecule has 2 aromatic rings. The van der Waals surface area contributed by atoms with Gasteiger partial charge in [0.2, 0.25) is 0 Å². The maximum atomic E-state index is 11.9. The summed E-state index contributed by atoms with van der Waals surface area (Å²) < 4.78 is 10.3. The van der Waals surface area contributed by atoms with Crippen molar-refractivity contribution in [2.45, 2.75) is 20.4 Å². The summed E-state index contributed by atoms with van der Waals surface area (Å²) in [4.78, 5) is 24.3. The quantitative estimate of drug-likeness (QED) is 0.433. The number of carbonyl (C=O) groups is 1. The Morgan fingerprint density at radius 1 is 1.46 bits per heavy atom. The average molecular weight is 398 g/mol. The summed E-state index contributed by atoms with van der Waals surface area (Å²) >= 11 is 3.33. The summed E-state index contributed by atoms with van der Waals surface area (Å²) in [6.45, 7) is 4.12. The number of halogens is 1. The Morgan fingerprint density at radius 3 is 2.62 bits per heavy atom. The van der Waals surface area contributed by atoms with Gasteiger partial charge in [0, 0.05) is 29.7 Å². The van der Waals surface area contributed by atoms with Gasteiger partial charge in [-0.2, -0.15) is 0 Å². The van der Waals surface area contributed by atoms with Crippen molar-refractivity contribution in [3.8, 4) is 0 Å². The van der Waals surface area contributed by atoms with Gasteiger partial charge in [-0.3, -0.25) is 10.1 Å². The topological polar surface area (TPSA) is 98.7 Å². The molecule has 0 spiro atoms. The zero-order valence-electron chi connectivity index (χ0n) is 13.6. The molecule has 2 rings (SSSR count). The highest BCUT2D eigenvalue weighted by atomic mass is 79.9. The van der Waals surface area contributed by atoms with Gasteiger partial charge in [0.05, 0.1) is 23.4 Å². The van der Waals surface area contributed by atoms with Crippen LogP contribution in [0.4, 0.5) is 11.4 Å². The van der Waals surface area contributed by atoms with E-state index in [9.17, 15) is 14.9 Å². The number of hydrogen-bond acceptors (Lipinski definition) is 7. The van der Waals surface area contributed by atoms with Gasteiger partial charge in [-0.05, 0) is 35.8 Å². The first-order chi connectivity index (χ1) is 11.3. The molecule has 0 saturated heterocycles. The molecule has 128 valence electrons. The van der Waals surface area contributed by atoms with Crippen molar-refractivity contribution in [2.24, 2.45) is 0 Å². The van der Waals surface area contributed by atoms with Gasteiger partial charge >= 0.3 is 5.97 Å². The number of aromatic nitrogens is 1. The Labute approximate surface area is 146 Å². The lowest BCUT2D eigenvalue weighted by molar-refractivity contribution is -0.385. The summed E-state index contributed by atoms with van der Waals surface area (Å²) in [5.74, 6) is -0.0632. The highest BCUT2D eigenvalue weighted by Crippen LogP contribution is 2.34. The smallest absolute Gasteiger partial charge is 0.344 e. The average Bonchev–Trinajstić information content (AvgIpc) is 2.85. The van der Waals surface area contributed by atoms with Crippen LogP contribution in [0.25, 0.3) is 0 Å². The van der Waals surface area contributed by atoms with Crippen LogP contribution in [0.15, 0.2) is 21.1 Å². The van der Waals surface area contributed by atoms with E-state index in [0.717, 1.165) is 11.3 Å². The molecule has 0 aliphatic heterocycles. The Bertz CT molecular complexity index is 783. The number of rotatable bonds is 5. The molecule has 0 aliphatic carbocycles. The van der Waals surface area contributed by atoms with Crippen molar-refractivity contribution in [1.82, 2.24) is 5.16 Å². The van der Waals surface area contributed by atoms with Crippen molar-refractivity contribution >= 4 is 33.3 Å². The molecule has 0 bridgehead atoms. The van der Waals surface area contributed by atoms with E-state index < -0.39 is 10.9 Å². The van der Waals surface area contributed by atoms with Crippen LogP contribution in [-0.4, -0.2) is 30.2 Å². The summed E-state index contributed by atoms with van der Waals surface area (Å²) in [6.07, 6.45) is 0. The van der Waals surface area contributed by atoms with E-state index in [1.54, 1.807) is 7.05 Å². The summed E-state index contributed by atoms with van der Waals surface area (Å²) in [7, 11) is 2.99. The third-order valence-corrected chi connectivity index (χ3v) is 4.29. The lowest BCUT2D eigenvalue weighted by Gasteiger charge is -2.21. The molecule has 1 heterocycles. The molecule has 0 atom stereocenters. The SMILES string of the molecule is COC(=O)c1cc(N(C)Cc2c(C)noc2C)c(Br)cc1[N+](=O)[O-]. The highest BCUT2D eigenvalue weighted by Gasteiger charge is 2.25. The number of aryl methyl sites for hydroxylation is 2. The first-order valence-electron chi connectivity index (χ1n) is 6.95. The van der Waals surface area contributed by atoms with Crippen LogP contribution in [0, 0.1) is 24.0 Å². The number of benzene rings is 1. The molecule has 1 aromatic heterocycles. The van der Waals surface area contributed by atoms with E-state index in [0.29, 0.717) is 22.5 Å². The first kappa shape index (κ1) is 17.9. The van der Waals surface area contributed by atoms with Gasteiger partial charge in [0.1, 0.15) is 11.3 Å². The van der Waals surface area contributed by atoms with E-state index >= 15 is 0 Å². The molecule has 0 N–H and O–H groups in total. The Morgan fingerprint density at radius 2 is 2.12 bits per heavy atom. The molecule has 8 nitrogen and oxygen atoms in total. The van der Waals surface area contributed by atoms with Crippen LogP contribution < -0.4 is 4.90 Å².